The molecule has 1 saturated heterocycles. The van der Waals surface area contributed by atoms with Crippen LogP contribution in [0.15, 0.2) is 17.4 Å². The van der Waals surface area contributed by atoms with Crippen LogP contribution in [0, 0.1) is 11.3 Å². The number of hydrogen-bond acceptors (Lipinski definition) is 2. The first-order valence-electron chi connectivity index (χ1n) is 8.80. The molecule has 0 bridgehead atoms. The average molecular weight is 447 g/mol. The van der Waals surface area contributed by atoms with Crippen molar-refractivity contribution in [2.45, 2.75) is 46.5 Å². The smallest absolute Gasteiger partial charge is 0.193 e. The molecule has 0 spiro atoms. The molecule has 2 rings (SSSR count). The van der Waals surface area contributed by atoms with Gasteiger partial charge in [0.25, 0.3) is 0 Å². The van der Waals surface area contributed by atoms with Crippen molar-refractivity contribution >= 4 is 29.9 Å². The van der Waals surface area contributed by atoms with Crippen molar-refractivity contribution < 1.29 is 0 Å². The third kappa shape index (κ3) is 6.99. The van der Waals surface area contributed by atoms with Gasteiger partial charge in [-0.15, -0.1) is 24.0 Å². The molecular weight excluding hydrogens is 413 g/mol. The highest BCUT2D eigenvalue weighted by Crippen LogP contribution is 2.21. The van der Waals surface area contributed by atoms with Crippen molar-refractivity contribution in [3.8, 4) is 0 Å². The van der Waals surface area contributed by atoms with E-state index < -0.39 is 0 Å². The van der Waals surface area contributed by atoms with Crippen LogP contribution in [0.4, 0.5) is 0 Å². The molecule has 1 fully saturated rings. The van der Waals surface area contributed by atoms with Gasteiger partial charge < -0.3 is 10.2 Å². The van der Waals surface area contributed by atoms with Crippen molar-refractivity contribution in [3.63, 3.8) is 0 Å². The van der Waals surface area contributed by atoms with Gasteiger partial charge in [0.2, 0.25) is 0 Å². The summed E-state index contributed by atoms with van der Waals surface area (Å²) >= 11 is 0. The van der Waals surface area contributed by atoms with Crippen LogP contribution in [-0.2, 0) is 13.5 Å². The Balaban J connectivity index is 0.00000288. The summed E-state index contributed by atoms with van der Waals surface area (Å²) in [5.41, 5.74) is 1.75. The predicted octanol–water partition coefficient (Wildman–Crippen LogP) is 3.30. The molecule has 0 saturated carbocycles. The third-order valence-corrected chi connectivity index (χ3v) is 4.47. The second kappa shape index (κ2) is 9.63. The van der Waals surface area contributed by atoms with Gasteiger partial charge in [-0.2, -0.15) is 5.10 Å². The fourth-order valence-corrected chi connectivity index (χ4v) is 3.25. The molecule has 0 aromatic carbocycles. The third-order valence-electron chi connectivity index (χ3n) is 4.47. The number of nitrogens with zero attached hydrogens (tertiary/aromatic N) is 4. The summed E-state index contributed by atoms with van der Waals surface area (Å²) in [6.45, 7) is 10.1. The van der Waals surface area contributed by atoms with Crippen LogP contribution in [-0.4, -0.2) is 47.3 Å². The molecule has 0 amide bonds. The van der Waals surface area contributed by atoms with Crippen molar-refractivity contribution in [3.05, 3.63) is 18.0 Å². The number of nitrogens with one attached hydrogen (secondary N) is 1. The Bertz CT molecular complexity index is 518. The van der Waals surface area contributed by atoms with Crippen LogP contribution in [0.3, 0.4) is 0 Å². The second-order valence-electron chi connectivity index (χ2n) is 7.97. The van der Waals surface area contributed by atoms with Crippen LogP contribution in [0.1, 0.15) is 45.6 Å². The van der Waals surface area contributed by atoms with E-state index in [-0.39, 0.29) is 24.0 Å². The SMILES string of the molecule is CN=C(NCCCC(C)(C)C)N1CCC(Cc2cnn(C)c2)C1.I. The minimum absolute atomic E-state index is 0. The fraction of sp³-hybridized carbons (Fsp3) is 0.778. The first kappa shape index (κ1) is 21.3. The number of halogens is 1. The number of likely N-dealkylation sites (tertiary alicyclic amines) is 1. The second-order valence-corrected chi connectivity index (χ2v) is 7.97. The zero-order valence-electron chi connectivity index (χ0n) is 15.9. The topological polar surface area (TPSA) is 45.5 Å². The Morgan fingerprint density at radius 3 is 2.75 bits per heavy atom. The summed E-state index contributed by atoms with van der Waals surface area (Å²) in [7, 11) is 3.87. The summed E-state index contributed by atoms with van der Waals surface area (Å²) in [6, 6.07) is 0. The number of guanidine groups is 1. The van der Waals surface area contributed by atoms with Gasteiger partial charge in [-0.3, -0.25) is 9.67 Å². The van der Waals surface area contributed by atoms with Crippen molar-refractivity contribution in [2.24, 2.45) is 23.4 Å². The van der Waals surface area contributed by atoms with Gasteiger partial charge in [0, 0.05) is 39.9 Å². The molecule has 0 radical (unpaired) electrons. The van der Waals surface area contributed by atoms with Gasteiger partial charge in [-0.25, -0.2) is 0 Å². The molecule has 6 heteroatoms. The van der Waals surface area contributed by atoms with Gasteiger partial charge in [0.1, 0.15) is 0 Å². The van der Waals surface area contributed by atoms with Gasteiger partial charge >= 0.3 is 0 Å². The van der Waals surface area contributed by atoms with E-state index in [4.69, 9.17) is 0 Å². The van der Waals surface area contributed by atoms with Crippen LogP contribution in [0.25, 0.3) is 0 Å². The minimum atomic E-state index is 0. The van der Waals surface area contributed by atoms with Gasteiger partial charge in [0.05, 0.1) is 6.20 Å². The van der Waals surface area contributed by atoms with E-state index in [0.29, 0.717) is 11.3 Å². The van der Waals surface area contributed by atoms with E-state index in [1.807, 2.05) is 25.0 Å². The van der Waals surface area contributed by atoms with E-state index in [1.165, 1.54) is 24.8 Å². The van der Waals surface area contributed by atoms with Crippen molar-refractivity contribution in [1.29, 1.82) is 0 Å². The number of rotatable bonds is 5. The molecule has 1 aliphatic rings. The highest BCUT2D eigenvalue weighted by atomic mass is 127. The molecule has 1 atom stereocenters. The van der Waals surface area contributed by atoms with E-state index in [9.17, 15) is 0 Å². The van der Waals surface area contributed by atoms with Crippen LogP contribution in [0.5, 0.6) is 0 Å². The maximum atomic E-state index is 4.46. The van der Waals surface area contributed by atoms with E-state index >= 15 is 0 Å². The van der Waals surface area contributed by atoms with Gasteiger partial charge in [-0.05, 0) is 42.6 Å². The molecular formula is C18H34IN5. The normalized spacial score (nSPS) is 18.6. The summed E-state index contributed by atoms with van der Waals surface area (Å²) in [4.78, 5) is 6.87. The van der Waals surface area contributed by atoms with Crippen LogP contribution in [0.2, 0.25) is 0 Å². The molecule has 1 aromatic heterocycles. The molecule has 2 heterocycles. The van der Waals surface area contributed by atoms with Crippen molar-refractivity contribution in [2.75, 3.05) is 26.7 Å². The Labute approximate surface area is 164 Å². The maximum absolute atomic E-state index is 4.46. The predicted molar refractivity (Wildman–Crippen MR) is 112 cm³/mol. The van der Waals surface area contributed by atoms with Crippen molar-refractivity contribution in [1.82, 2.24) is 20.0 Å². The molecule has 5 nitrogen and oxygen atoms in total. The standard InChI is InChI=1S/C18H33N5.HI/c1-18(2,3)8-6-9-20-17(19-4)23-10-7-15(14-23)11-16-12-21-22(5)13-16;/h12-13,15H,6-11,14H2,1-5H3,(H,19,20);1H. The number of aryl methyl sites for hydroxylation is 1. The lowest BCUT2D eigenvalue weighted by Crippen LogP contribution is -2.40. The zero-order chi connectivity index (χ0) is 16.9. The number of aliphatic imine (C=N–C) groups is 1. The summed E-state index contributed by atoms with van der Waals surface area (Å²) in [5, 5.41) is 7.80. The number of aromatic nitrogens is 2. The summed E-state index contributed by atoms with van der Waals surface area (Å²) in [5.74, 6) is 1.76. The lowest BCUT2D eigenvalue weighted by atomic mass is 9.91. The Hall–Kier alpha value is -0.790. The molecule has 1 aliphatic heterocycles. The fourth-order valence-electron chi connectivity index (χ4n) is 3.25. The minimum Gasteiger partial charge on any atom is -0.356 e. The maximum Gasteiger partial charge on any atom is 0.193 e. The van der Waals surface area contributed by atoms with E-state index in [1.54, 1.807) is 0 Å². The van der Waals surface area contributed by atoms with Gasteiger partial charge in [0.15, 0.2) is 5.96 Å². The quantitative estimate of drug-likeness (QED) is 0.326. The highest BCUT2D eigenvalue weighted by Gasteiger charge is 2.25. The molecule has 1 unspecified atom stereocenters. The Morgan fingerprint density at radius 1 is 1.42 bits per heavy atom. The summed E-state index contributed by atoms with van der Waals surface area (Å²) < 4.78 is 1.89. The molecule has 138 valence electrons. The molecule has 0 aliphatic carbocycles. The Morgan fingerprint density at radius 2 is 2.17 bits per heavy atom. The van der Waals surface area contributed by atoms with Gasteiger partial charge in [-0.1, -0.05) is 20.8 Å². The van der Waals surface area contributed by atoms with Crippen LogP contribution >= 0.6 is 24.0 Å². The average Bonchev–Trinajstić information content (AvgIpc) is 3.08. The first-order valence-corrected chi connectivity index (χ1v) is 8.80. The lowest BCUT2D eigenvalue weighted by Gasteiger charge is -2.23. The van der Waals surface area contributed by atoms with E-state index in [2.05, 4.69) is 47.3 Å². The Kier molecular flexibility index (Phi) is 8.53. The molecule has 24 heavy (non-hydrogen) atoms. The monoisotopic (exact) mass is 447 g/mol. The van der Waals surface area contributed by atoms with E-state index in [0.717, 1.165) is 32.0 Å². The molecule has 1 aromatic rings. The summed E-state index contributed by atoms with van der Waals surface area (Å²) in [6.07, 6.45) is 8.89. The highest BCUT2D eigenvalue weighted by molar-refractivity contribution is 14.0. The first-order chi connectivity index (χ1) is 10.9. The zero-order valence-corrected chi connectivity index (χ0v) is 18.2. The van der Waals surface area contributed by atoms with Crippen LogP contribution < -0.4 is 5.32 Å². The molecule has 1 N–H and O–H groups in total. The lowest BCUT2D eigenvalue weighted by molar-refractivity contribution is 0.363. The largest absolute Gasteiger partial charge is 0.356 e. The number of hydrogen-bond donors (Lipinski definition) is 1.